The first-order valence-corrected chi connectivity index (χ1v) is 5.48. The van der Waals surface area contributed by atoms with Crippen molar-refractivity contribution in [3.05, 3.63) is 35.6 Å². The Bertz CT molecular complexity index is 418. The van der Waals surface area contributed by atoms with E-state index < -0.39 is 11.5 Å². The number of nitrogens with zero attached hydrogens (tertiary/aromatic N) is 1. The molecule has 4 heteroatoms. The van der Waals surface area contributed by atoms with E-state index in [0.717, 1.165) is 5.56 Å². The Hall–Kier alpha value is -1.42. The molecule has 17 heavy (non-hydrogen) atoms. The second-order valence-corrected chi connectivity index (χ2v) is 4.71. The van der Waals surface area contributed by atoms with Crippen molar-refractivity contribution in [3.8, 4) is 0 Å². The third kappa shape index (κ3) is 2.82. The van der Waals surface area contributed by atoms with Gasteiger partial charge < -0.3 is 5.11 Å². The molecule has 0 radical (unpaired) electrons. The summed E-state index contributed by atoms with van der Waals surface area (Å²) in [6, 6.07) is 6.06. The second kappa shape index (κ2) is 4.84. The highest BCUT2D eigenvalue weighted by Crippen LogP contribution is 2.26. The van der Waals surface area contributed by atoms with Gasteiger partial charge >= 0.3 is 5.97 Å². The maximum Gasteiger partial charge on any atom is 0.323 e. The monoisotopic (exact) mass is 239 g/mol. The topological polar surface area (TPSA) is 40.5 Å². The zero-order valence-corrected chi connectivity index (χ0v) is 10.6. The first-order valence-electron chi connectivity index (χ1n) is 5.48. The predicted octanol–water partition coefficient (Wildman–Crippen LogP) is 2.68. The van der Waals surface area contributed by atoms with Crippen molar-refractivity contribution in [2.75, 3.05) is 7.05 Å². The van der Waals surface area contributed by atoms with Gasteiger partial charge in [-0.05, 0) is 45.5 Å². The van der Waals surface area contributed by atoms with Crippen LogP contribution in [0.3, 0.4) is 0 Å². The number of benzene rings is 1. The Kier molecular flexibility index (Phi) is 3.88. The van der Waals surface area contributed by atoms with Crippen molar-refractivity contribution in [1.82, 2.24) is 4.90 Å². The van der Waals surface area contributed by atoms with Crippen molar-refractivity contribution in [1.29, 1.82) is 0 Å². The molecule has 3 nitrogen and oxygen atoms in total. The zero-order valence-electron chi connectivity index (χ0n) is 10.6. The van der Waals surface area contributed by atoms with E-state index in [1.54, 1.807) is 37.9 Å². The molecular formula is C13H18FNO2. The molecule has 0 saturated heterocycles. The summed E-state index contributed by atoms with van der Waals surface area (Å²) in [6.07, 6.45) is 0. The molecule has 1 unspecified atom stereocenters. The van der Waals surface area contributed by atoms with Crippen LogP contribution < -0.4 is 0 Å². The second-order valence-electron chi connectivity index (χ2n) is 4.71. The van der Waals surface area contributed by atoms with Crippen molar-refractivity contribution in [3.63, 3.8) is 0 Å². The number of carboxylic acids is 1. The Morgan fingerprint density at radius 1 is 1.47 bits per heavy atom. The van der Waals surface area contributed by atoms with Crippen molar-refractivity contribution in [2.24, 2.45) is 0 Å². The Balaban J connectivity index is 2.98. The number of likely N-dealkylation sites (N-methyl/N-ethyl adjacent to an activating group) is 1. The largest absolute Gasteiger partial charge is 0.480 e. The summed E-state index contributed by atoms with van der Waals surface area (Å²) in [7, 11) is 1.73. The van der Waals surface area contributed by atoms with Gasteiger partial charge in [-0.25, -0.2) is 4.39 Å². The minimum absolute atomic E-state index is 0.170. The minimum atomic E-state index is -0.994. The molecule has 0 amide bonds. The molecule has 0 fully saturated rings. The maximum absolute atomic E-state index is 13.1. The van der Waals surface area contributed by atoms with Gasteiger partial charge in [-0.1, -0.05) is 12.1 Å². The van der Waals surface area contributed by atoms with Crippen LogP contribution in [0, 0.1) is 5.82 Å². The lowest BCUT2D eigenvalue weighted by atomic mass is 9.98. The first-order chi connectivity index (χ1) is 7.76. The predicted molar refractivity (Wildman–Crippen MR) is 64.3 cm³/mol. The lowest BCUT2D eigenvalue weighted by Crippen LogP contribution is -2.48. The van der Waals surface area contributed by atoms with E-state index in [0.29, 0.717) is 0 Å². The molecule has 1 aromatic carbocycles. The average molecular weight is 239 g/mol. The number of aliphatic carboxylic acids is 1. The van der Waals surface area contributed by atoms with Crippen molar-refractivity contribution >= 4 is 5.97 Å². The standard InChI is InChI=1S/C13H18FNO2/c1-9(10-6-5-7-11(14)8-10)15(4)13(2,3)12(16)17/h5-9H,1-4H3,(H,16,17). The summed E-state index contributed by atoms with van der Waals surface area (Å²) in [4.78, 5) is 12.9. The maximum atomic E-state index is 13.1. The van der Waals surface area contributed by atoms with Crippen LogP contribution in [0.4, 0.5) is 4.39 Å². The van der Waals surface area contributed by atoms with Gasteiger partial charge in [-0.2, -0.15) is 0 Å². The van der Waals surface area contributed by atoms with Gasteiger partial charge in [-0.15, -0.1) is 0 Å². The fourth-order valence-corrected chi connectivity index (χ4v) is 1.63. The van der Waals surface area contributed by atoms with Gasteiger partial charge in [-0.3, -0.25) is 9.69 Å². The SMILES string of the molecule is CC(c1cccc(F)c1)N(C)C(C)(C)C(=O)O. The summed E-state index contributed by atoms with van der Waals surface area (Å²) in [5, 5.41) is 9.15. The lowest BCUT2D eigenvalue weighted by molar-refractivity contribution is -0.149. The summed E-state index contributed by atoms with van der Waals surface area (Å²) < 4.78 is 13.1. The number of hydrogen-bond acceptors (Lipinski definition) is 2. The molecule has 0 aliphatic heterocycles. The molecule has 1 rings (SSSR count). The van der Waals surface area contributed by atoms with E-state index in [9.17, 15) is 9.18 Å². The number of halogens is 1. The smallest absolute Gasteiger partial charge is 0.323 e. The quantitative estimate of drug-likeness (QED) is 0.878. The summed E-state index contributed by atoms with van der Waals surface area (Å²) in [5.74, 6) is -1.21. The number of carbonyl (C=O) groups is 1. The normalized spacial score (nSPS) is 13.8. The first kappa shape index (κ1) is 13.6. The fraction of sp³-hybridized carbons (Fsp3) is 0.462. The number of carboxylic acid groups (broad SMARTS) is 1. The molecule has 1 aromatic rings. The molecule has 0 aliphatic carbocycles. The van der Waals surface area contributed by atoms with Gasteiger partial charge in [0.25, 0.3) is 0 Å². The molecule has 0 heterocycles. The van der Waals surface area contributed by atoms with Gasteiger partial charge in [0.05, 0.1) is 0 Å². The lowest BCUT2D eigenvalue weighted by Gasteiger charge is -2.36. The Morgan fingerprint density at radius 2 is 2.06 bits per heavy atom. The number of rotatable bonds is 4. The third-order valence-electron chi connectivity index (χ3n) is 3.32. The van der Waals surface area contributed by atoms with E-state index in [1.807, 2.05) is 6.92 Å². The zero-order chi connectivity index (χ0) is 13.2. The van der Waals surface area contributed by atoms with E-state index in [2.05, 4.69) is 0 Å². The van der Waals surface area contributed by atoms with E-state index in [-0.39, 0.29) is 11.9 Å². The highest BCUT2D eigenvalue weighted by atomic mass is 19.1. The third-order valence-corrected chi connectivity index (χ3v) is 3.32. The van der Waals surface area contributed by atoms with Crippen LogP contribution in [0.15, 0.2) is 24.3 Å². The van der Waals surface area contributed by atoms with Gasteiger partial charge in [0.2, 0.25) is 0 Å². The van der Waals surface area contributed by atoms with Gasteiger partial charge in [0.15, 0.2) is 0 Å². The molecule has 0 saturated carbocycles. The van der Waals surface area contributed by atoms with E-state index in [1.165, 1.54) is 12.1 Å². The van der Waals surface area contributed by atoms with Crippen LogP contribution in [0.1, 0.15) is 32.4 Å². The summed E-state index contributed by atoms with van der Waals surface area (Å²) in [6.45, 7) is 5.12. The van der Waals surface area contributed by atoms with Crippen LogP contribution in [-0.4, -0.2) is 28.6 Å². The average Bonchev–Trinajstić information content (AvgIpc) is 2.26. The molecule has 1 atom stereocenters. The van der Waals surface area contributed by atoms with Gasteiger partial charge in [0.1, 0.15) is 11.4 Å². The van der Waals surface area contributed by atoms with E-state index in [4.69, 9.17) is 5.11 Å². The van der Waals surface area contributed by atoms with Gasteiger partial charge in [0, 0.05) is 6.04 Å². The molecule has 0 spiro atoms. The molecule has 94 valence electrons. The van der Waals surface area contributed by atoms with Crippen LogP contribution in [0.2, 0.25) is 0 Å². The number of hydrogen-bond donors (Lipinski definition) is 1. The molecule has 0 aliphatic rings. The van der Waals surface area contributed by atoms with Crippen LogP contribution in [0.5, 0.6) is 0 Å². The molecule has 0 bridgehead atoms. The molecule has 0 aromatic heterocycles. The summed E-state index contributed by atoms with van der Waals surface area (Å²) in [5.41, 5.74) is -0.229. The van der Waals surface area contributed by atoms with E-state index >= 15 is 0 Å². The Labute approximate surface area is 101 Å². The minimum Gasteiger partial charge on any atom is -0.480 e. The fourth-order valence-electron chi connectivity index (χ4n) is 1.63. The summed E-state index contributed by atoms with van der Waals surface area (Å²) >= 11 is 0. The molecular weight excluding hydrogens is 221 g/mol. The highest BCUT2D eigenvalue weighted by molar-refractivity contribution is 5.77. The van der Waals surface area contributed by atoms with Crippen LogP contribution in [-0.2, 0) is 4.79 Å². The van der Waals surface area contributed by atoms with Crippen LogP contribution in [0.25, 0.3) is 0 Å². The Morgan fingerprint density at radius 3 is 2.53 bits per heavy atom. The molecule has 1 N–H and O–H groups in total. The van der Waals surface area contributed by atoms with Crippen LogP contribution >= 0.6 is 0 Å². The van der Waals surface area contributed by atoms with Crippen molar-refractivity contribution in [2.45, 2.75) is 32.4 Å². The van der Waals surface area contributed by atoms with Crippen molar-refractivity contribution < 1.29 is 14.3 Å². The highest BCUT2D eigenvalue weighted by Gasteiger charge is 2.35.